The summed E-state index contributed by atoms with van der Waals surface area (Å²) in [5, 5.41) is 14.1. The van der Waals surface area contributed by atoms with Crippen LogP contribution in [0.5, 0.6) is 5.75 Å². The number of nitro benzene ring substituents is 1. The summed E-state index contributed by atoms with van der Waals surface area (Å²) in [5.74, 6) is -1.46. The van der Waals surface area contributed by atoms with Crippen LogP contribution in [0, 0.1) is 10.1 Å². The monoisotopic (exact) mass is 383 g/mol. The molecule has 2 aromatic carbocycles. The number of amides is 2. The van der Waals surface area contributed by atoms with E-state index in [1.54, 1.807) is 37.4 Å². The van der Waals surface area contributed by atoms with Gasteiger partial charge in [-0.1, -0.05) is 30.3 Å². The van der Waals surface area contributed by atoms with Gasteiger partial charge in [0.1, 0.15) is 0 Å². The molecule has 3 rings (SSSR count). The number of anilines is 1. The number of ether oxygens (including phenoxy) is 1. The first-order chi connectivity index (χ1) is 13.1. The first-order valence-electron chi connectivity index (χ1n) is 8.70. The number of benzene rings is 2. The predicted molar refractivity (Wildman–Crippen MR) is 103 cm³/mol. The molecule has 1 N–H and O–H groups in total. The Morgan fingerprint density at radius 2 is 1.75 bits per heavy atom. The smallest absolute Gasteiger partial charge is 0.311 e. The fourth-order valence-electron chi connectivity index (χ4n) is 2.99. The van der Waals surface area contributed by atoms with Gasteiger partial charge in [-0.25, -0.2) is 0 Å². The Bertz CT molecular complexity index is 966. The van der Waals surface area contributed by atoms with Gasteiger partial charge in [-0.15, -0.1) is 0 Å². The number of hydrogen-bond donors (Lipinski definition) is 1. The van der Waals surface area contributed by atoms with Crippen molar-refractivity contribution in [1.29, 1.82) is 0 Å². The van der Waals surface area contributed by atoms with Crippen LogP contribution in [0.15, 0.2) is 48.5 Å². The minimum Gasteiger partial charge on any atom is -0.455 e. The lowest BCUT2D eigenvalue weighted by Crippen LogP contribution is -2.57. The summed E-state index contributed by atoms with van der Waals surface area (Å²) < 4.78 is 5.93. The van der Waals surface area contributed by atoms with Crippen LogP contribution in [-0.2, 0) is 15.2 Å². The molecule has 2 amide bonds. The van der Waals surface area contributed by atoms with Gasteiger partial charge in [-0.05, 0) is 32.9 Å². The molecular formula is C20H21N3O5. The van der Waals surface area contributed by atoms with Gasteiger partial charge >= 0.3 is 5.69 Å². The molecule has 0 saturated carbocycles. The minimum absolute atomic E-state index is 0.157. The number of hydrogen-bond acceptors (Lipinski definition) is 5. The average Bonchev–Trinajstić information content (AvgIpc) is 2.92. The Morgan fingerprint density at radius 3 is 2.39 bits per heavy atom. The predicted octanol–water partition coefficient (Wildman–Crippen LogP) is 3.08. The zero-order chi connectivity index (χ0) is 20.7. The molecule has 146 valence electrons. The molecule has 1 heterocycles. The lowest BCUT2D eigenvalue weighted by molar-refractivity contribution is -0.386. The van der Waals surface area contributed by atoms with E-state index in [1.807, 2.05) is 20.8 Å². The Balaban J connectivity index is 2.22. The van der Waals surface area contributed by atoms with Gasteiger partial charge in [-0.2, -0.15) is 0 Å². The summed E-state index contributed by atoms with van der Waals surface area (Å²) in [6, 6.07) is 12.3. The molecule has 0 spiro atoms. The average molecular weight is 383 g/mol. The maximum atomic E-state index is 13.5. The topological polar surface area (TPSA) is 102 Å². The molecule has 1 aliphatic heterocycles. The number of rotatable bonds is 4. The van der Waals surface area contributed by atoms with Crippen molar-refractivity contribution in [2.75, 3.05) is 12.4 Å². The van der Waals surface area contributed by atoms with E-state index < -0.39 is 27.9 Å². The number of para-hydroxylation sites is 3. The Kier molecular flexibility index (Phi) is 4.58. The third-order valence-electron chi connectivity index (χ3n) is 4.81. The summed E-state index contributed by atoms with van der Waals surface area (Å²) in [7, 11) is 1.57. The first kappa shape index (κ1) is 19.3. The highest BCUT2D eigenvalue weighted by molar-refractivity contribution is 6.19. The largest absolute Gasteiger partial charge is 0.455 e. The number of fused-ring (bicyclic) bond motifs is 1. The quantitative estimate of drug-likeness (QED) is 0.497. The molecule has 0 radical (unpaired) electrons. The van der Waals surface area contributed by atoms with Crippen LogP contribution < -0.4 is 10.1 Å². The molecule has 0 fully saturated rings. The Hall–Kier alpha value is -3.42. The molecule has 0 aromatic heterocycles. The van der Waals surface area contributed by atoms with Gasteiger partial charge in [-0.3, -0.25) is 19.7 Å². The van der Waals surface area contributed by atoms with Crippen LogP contribution in [0.1, 0.15) is 26.3 Å². The van der Waals surface area contributed by atoms with Crippen LogP contribution in [0.3, 0.4) is 0 Å². The molecule has 1 atom stereocenters. The Morgan fingerprint density at radius 1 is 1.14 bits per heavy atom. The van der Waals surface area contributed by atoms with Gasteiger partial charge < -0.3 is 15.0 Å². The van der Waals surface area contributed by atoms with Crippen molar-refractivity contribution in [2.45, 2.75) is 31.9 Å². The van der Waals surface area contributed by atoms with E-state index in [4.69, 9.17) is 4.74 Å². The van der Waals surface area contributed by atoms with Crippen molar-refractivity contribution in [3.63, 3.8) is 0 Å². The summed E-state index contributed by atoms with van der Waals surface area (Å²) in [6.45, 7) is 5.47. The van der Waals surface area contributed by atoms with Crippen LogP contribution in [0.25, 0.3) is 0 Å². The molecule has 2 aromatic rings. The minimum atomic E-state index is -2.06. The number of nitrogens with one attached hydrogen (secondary N) is 1. The number of carbonyl (C=O) groups excluding carboxylic acids is 2. The molecule has 8 heteroatoms. The summed E-state index contributed by atoms with van der Waals surface area (Å²) in [6.07, 6.45) is 0. The maximum absolute atomic E-state index is 13.5. The summed E-state index contributed by atoms with van der Waals surface area (Å²) >= 11 is 0. The summed E-state index contributed by atoms with van der Waals surface area (Å²) in [5.41, 5.74) is -2.25. The van der Waals surface area contributed by atoms with Gasteiger partial charge in [0.2, 0.25) is 0 Å². The second-order valence-electron chi connectivity index (χ2n) is 7.54. The van der Waals surface area contributed by atoms with Crippen LogP contribution in [0.2, 0.25) is 0 Å². The first-order valence-corrected chi connectivity index (χ1v) is 8.70. The van der Waals surface area contributed by atoms with Gasteiger partial charge in [0, 0.05) is 29.9 Å². The van der Waals surface area contributed by atoms with E-state index >= 15 is 0 Å². The number of carbonyl (C=O) groups is 2. The van der Waals surface area contributed by atoms with Crippen molar-refractivity contribution in [3.05, 3.63) is 64.2 Å². The molecule has 1 aliphatic rings. The second-order valence-corrected chi connectivity index (χ2v) is 7.54. The van der Waals surface area contributed by atoms with Gasteiger partial charge in [0.25, 0.3) is 17.4 Å². The van der Waals surface area contributed by atoms with Crippen LogP contribution in [0.4, 0.5) is 11.4 Å². The normalized spacial score (nSPS) is 18.2. The van der Waals surface area contributed by atoms with Crippen LogP contribution in [-0.4, -0.2) is 34.2 Å². The van der Waals surface area contributed by atoms with Crippen molar-refractivity contribution < 1.29 is 19.2 Å². The number of nitro groups is 1. The standard InChI is InChI=1S/C20H21N3O5/c1-19(2,3)22(4)18(25)20(13-9-5-6-10-14(13)21-17(20)24)28-16-12-8-7-11-15(16)23(26)27/h5-12H,1-4H3,(H,21,24). The second kappa shape index (κ2) is 6.63. The molecule has 8 nitrogen and oxygen atoms in total. The zero-order valence-corrected chi connectivity index (χ0v) is 16.1. The van der Waals surface area contributed by atoms with Crippen molar-refractivity contribution in [2.24, 2.45) is 0 Å². The fraction of sp³-hybridized carbons (Fsp3) is 0.300. The van der Waals surface area contributed by atoms with E-state index in [-0.39, 0.29) is 11.4 Å². The van der Waals surface area contributed by atoms with E-state index in [1.165, 1.54) is 23.1 Å². The zero-order valence-electron chi connectivity index (χ0n) is 16.1. The third kappa shape index (κ3) is 2.96. The third-order valence-corrected chi connectivity index (χ3v) is 4.81. The fourth-order valence-corrected chi connectivity index (χ4v) is 2.99. The van der Waals surface area contributed by atoms with E-state index in [0.29, 0.717) is 11.3 Å². The molecule has 28 heavy (non-hydrogen) atoms. The highest BCUT2D eigenvalue weighted by atomic mass is 16.6. The molecule has 0 bridgehead atoms. The van der Waals surface area contributed by atoms with Crippen LogP contribution >= 0.6 is 0 Å². The summed E-state index contributed by atoms with van der Waals surface area (Å²) in [4.78, 5) is 38.8. The van der Waals surface area contributed by atoms with Gasteiger partial charge in [0.05, 0.1) is 4.92 Å². The Labute approximate surface area is 162 Å². The van der Waals surface area contributed by atoms with E-state index in [2.05, 4.69) is 5.32 Å². The number of likely N-dealkylation sites (N-methyl/N-ethyl adjacent to an activating group) is 1. The maximum Gasteiger partial charge on any atom is 0.311 e. The lowest BCUT2D eigenvalue weighted by Gasteiger charge is -2.38. The molecular weight excluding hydrogens is 362 g/mol. The number of nitrogens with zero attached hydrogens (tertiary/aromatic N) is 2. The van der Waals surface area contributed by atoms with Gasteiger partial charge in [0.15, 0.2) is 5.75 Å². The lowest BCUT2D eigenvalue weighted by atomic mass is 9.91. The molecule has 0 aliphatic carbocycles. The van der Waals surface area contributed by atoms with Crippen molar-refractivity contribution in [3.8, 4) is 5.75 Å². The highest BCUT2D eigenvalue weighted by Gasteiger charge is 2.58. The van der Waals surface area contributed by atoms with Crippen molar-refractivity contribution >= 4 is 23.2 Å². The SMILES string of the molecule is CN(C(=O)C1(Oc2ccccc2[N+](=O)[O-])C(=O)Nc2ccccc21)C(C)(C)C. The highest BCUT2D eigenvalue weighted by Crippen LogP contribution is 2.43. The van der Waals surface area contributed by atoms with E-state index in [0.717, 1.165) is 0 Å². The van der Waals surface area contributed by atoms with Crippen molar-refractivity contribution in [1.82, 2.24) is 4.90 Å². The molecule has 0 saturated heterocycles. The van der Waals surface area contributed by atoms with E-state index in [9.17, 15) is 19.7 Å². The molecule has 1 unspecified atom stereocenters.